The van der Waals surface area contributed by atoms with Crippen LogP contribution in [0.15, 0.2) is 24.3 Å². The molecule has 1 saturated heterocycles. The molecule has 17 heavy (non-hydrogen) atoms. The smallest absolute Gasteiger partial charge is 0.119 e. The summed E-state index contributed by atoms with van der Waals surface area (Å²) in [5, 5.41) is 13.6. The molecule has 1 aromatic carbocycles. The van der Waals surface area contributed by atoms with Crippen molar-refractivity contribution in [1.82, 2.24) is 5.32 Å². The molecule has 2 unspecified atom stereocenters. The Morgan fingerprint density at radius 3 is 3.06 bits per heavy atom. The van der Waals surface area contributed by atoms with E-state index >= 15 is 0 Å². The maximum atomic E-state index is 10.3. The van der Waals surface area contributed by atoms with E-state index < -0.39 is 5.60 Å². The summed E-state index contributed by atoms with van der Waals surface area (Å²) in [6.07, 6.45) is 1.93. The summed E-state index contributed by atoms with van der Waals surface area (Å²) in [4.78, 5) is 0. The van der Waals surface area contributed by atoms with Gasteiger partial charge < -0.3 is 15.2 Å². The van der Waals surface area contributed by atoms with Gasteiger partial charge in [0.15, 0.2) is 0 Å². The number of hydrogen-bond acceptors (Lipinski definition) is 3. The van der Waals surface area contributed by atoms with E-state index in [4.69, 9.17) is 4.74 Å². The van der Waals surface area contributed by atoms with Gasteiger partial charge in [-0.15, -0.1) is 0 Å². The van der Waals surface area contributed by atoms with Crippen LogP contribution in [0.4, 0.5) is 0 Å². The van der Waals surface area contributed by atoms with E-state index in [1.807, 2.05) is 19.1 Å². The molecule has 1 aliphatic rings. The summed E-state index contributed by atoms with van der Waals surface area (Å²) in [5.74, 6) is 1.20. The van der Waals surface area contributed by atoms with Crippen molar-refractivity contribution in [2.45, 2.75) is 25.4 Å². The Hall–Kier alpha value is -1.06. The van der Waals surface area contributed by atoms with E-state index in [0.29, 0.717) is 12.5 Å². The van der Waals surface area contributed by atoms with Crippen LogP contribution >= 0.6 is 0 Å². The van der Waals surface area contributed by atoms with Gasteiger partial charge in [0.25, 0.3) is 0 Å². The molecular formula is C14H21NO2. The monoisotopic (exact) mass is 235 g/mol. The van der Waals surface area contributed by atoms with Crippen molar-refractivity contribution in [2.24, 2.45) is 5.92 Å². The number of aliphatic hydroxyl groups is 1. The summed E-state index contributed by atoms with van der Waals surface area (Å²) in [7, 11) is 1.68. The molecule has 3 nitrogen and oxygen atoms in total. The van der Waals surface area contributed by atoms with Crippen molar-refractivity contribution in [3.05, 3.63) is 29.8 Å². The van der Waals surface area contributed by atoms with E-state index in [1.165, 1.54) is 5.56 Å². The normalized spacial score (nSPS) is 29.0. The van der Waals surface area contributed by atoms with Crippen molar-refractivity contribution in [3.63, 3.8) is 0 Å². The third-order valence-corrected chi connectivity index (χ3v) is 3.65. The van der Waals surface area contributed by atoms with Gasteiger partial charge in [-0.05, 0) is 49.9 Å². The van der Waals surface area contributed by atoms with Gasteiger partial charge in [-0.2, -0.15) is 0 Å². The lowest BCUT2D eigenvalue weighted by Crippen LogP contribution is -2.50. The van der Waals surface area contributed by atoms with E-state index in [1.54, 1.807) is 7.11 Å². The van der Waals surface area contributed by atoms with Crippen LogP contribution in [0.25, 0.3) is 0 Å². The minimum absolute atomic E-state index is 0.316. The molecule has 1 fully saturated rings. The predicted octanol–water partition coefficient (Wildman–Crippen LogP) is 1.60. The molecule has 1 aromatic rings. The maximum absolute atomic E-state index is 10.3. The largest absolute Gasteiger partial charge is 0.497 e. The molecule has 0 saturated carbocycles. The molecule has 2 N–H and O–H groups in total. The summed E-state index contributed by atoms with van der Waals surface area (Å²) >= 11 is 0. The summed E-state index contributed by atoms with van der Waals surface area (Å²) in [6, 6.07) is 8.10. The Balaban J connectivity index is 2.08. The second kappa shape index (κ2) is 5.07. The lowest BCUT2D eigenvalue weighted by atomic mass is 9.79. The number of β-amino-alcohol motifs (C(OH)–C–C–N with tert-alkyl or cyclic N) is 1. The highest BCUT2D eigenvalue weighted by atomic mass is 16.5. The maximum Gasteiger partial charge on any atom is 0.119 e. The van der Waals surface area contributed by atoms with Crippen LogP contribution in [-0.4, -0.2) is 30.9 Å². The molecule has 0 amide bonds. The number of methoxy groups -OCH3 is 1. The minimum atomic E-state index is -0.610. The fraction of sp³-hybridized carbons (Fsp3) is 0.571. The molecule has 3 heteroatoms. The number of benzene rings is 1. The summed E-state index contributed by atoms with van der Waals surface area (Å²) < 4.78 is 5.22. The van der Waals surface area contributed by atoms with Crippen molar-refractivity contribution in [2.75, 3.05) is 20.2 Å². The number of nitrogens with one attached hydrogen (secondary N) is 1. The first-order valence-corrected chi connectivity index (χ1v) is 6.18. The molecule has 2 rings (SSSR count). The van der Waals surface area contributed by atoms with E-state index in [0.717, 1.165) is 25.1 Å². The summed E-state index contributed by atoms with van der Waals surface area (Å²) in [5.41, 5.74) is 0.623. The number of ether oxygens (including phenoxy) is 1. The molecule has 0 radical (unpaired) electrons. The molecule has 94 valence electrons. The molecular weight excluding hydrogens is 214 g/mol. The Morgan fingerprint density at radius 1 is 1.53 bits per heavy atom. The average molecular weight is 235 g/mol. The van der Waals surface area contributed by atoms with Gasteiger partial charge in [-0.3, -0.25) is 0 Å². The minimum Gasteiger partial charge on any atom is -0.497 e. The van der Waals surface area contributed by atoms with Crippen molar-refractivity contribution in [1.29, 1.82) is 0 Å². The first kappa shape index (κ1) is 12.4. The van der Waals surface area contributed by atoms with Gasteiger partial charge in [0.2, 0.25) is 0 Å². The molecule has 0 aromatic heterocycles. The van der Waals surface area contributed by atoms with Crippen molar-refractivity contribution >= 4 is 0 Å². The Labute approximate surface area is 103 Å². The zero-order chi connectivity index (χ0) is 12.3. The number of rotatable bonds is 3. The van der Waals surface area contributed by atoms with Crippen LogP contribution in [0.5, 0.6) is 5.75 Å². The van der Waals surface area contributed by atoms with Gasteiger partial charge >= 0.3 is 0 Å². The fourth-order valence-electron chi connectivity index (χ4n) is 2.48. The molecule has 2 atom stereocenters. The van der Waals surface area contributed by atoms with Crippen molar-refractivity contribution in [3.8, 4) is 5.75 Å². The predicted molar refractivity (Wildman–Crippen MR) is 68.3 cm³/mol. The number of piperidine rings is 1. The Bertz CT molecular complexity index is 376. The first-order chi connectivity index (χ1) is 8.12. The van der Waals surface area contributed by atoms with Gasteiger partial charge in [0.05, 0.1) is 12.7 Å². The third kappa shape index (κ3) is 2.99. The van der Waals surface area contributed by atoms with Gasteiger partial charge in [-0.25, -0.2) is 0 Å². The van der Waals surface area contributed by atoms with Crippen LogP contribution in [0, 0.1) is 5.92 Å². The lowest BCUT2D eigenvalue weighted by molar-refractivity contribution is -0.0192. The standard InChI is InChI=1S/C14H21NO2/c1-14(16)10-15-7-6-12(14)8-11-4-3-5-13(9-11)17-2/h3-5,9,12,15-16H,6-8,10H2,1-2H3. The van der Waals surface area contributed by atoms with Gasteiger partial charge in [0, 0.05) is 6.54 Å². The van der Waals surface area contributed by atoms with Crippen LogP contribution in [0.2, 0.25) is 0 Å². The molecule has 0 bridgehead atoms. The second-order valence-electron chi connectivity index (χ2n) is 5.08. The zero-order valence-corrected chi connectivity index (χ0v) is 10.6. The number of hydrogen-bond donors (Lipinski definition) is 2. The second-order valence-corrected chi connectivity index (χ2v) is 5.08. The average Bonchev–Trinajstić information content (AvgIpc) is 2.32. The summed E-state index contributed by atoms with van der Waals surface area (Å²) in [6.45, 7) is 3.59. The highest BCUT2D eigenvalue weighted by Crippen LogP contribution is 2.28. The van der Waals surface area contributed by atoms with Gasteiger partial charge in [0.1, 0.15) is 5.75 Å². The van der Waals surface area contributed by atoms with Crippen LogP contribution in [0.1, 0.15) is 18.9 Å². The highest BCUT2D eigenvalue weighted by Gasteiger charge is 2.34. The highest BCUT2D eigenvalue weighted by molar-refractivity contribution is 5.29. The lowest BCUT2D eigenvalue weighted by Gasteiger charge is -2.37. The Kier molecular flexibility index (Phi) is 3.69. The van der Waals surface area contributed by atoms with Crippen LogP contribution in [-0.2, 0) is 6.42 Å². The molecule has 0 aliphatic carbocycles. The van der Waals surface area contributed by atoms with E-state index in [2.05, 4.69) is 17.4 Å². The topological polar surface area (TPSA) is 41.5 Å². The van der Waals surface area contributed by atoms with E-state index in [9.17, 15) is 5.11 Å². The first-order valence-electron chi connectivity index (χ1n) is 6.18. The van der Waals surface area contributed by atoms with Crippen LogP contribution in [0.3, 0.4) is 0 Å². The SMILES string of the molecule is COc1cccc(CC2CCNCC2(C)O)c1. The zero-order valence-electron chi connectivity index (χ0n) is 10.6. The Morgan fingerprint density at radius 2 is 2.35 bits per heavy atom. The van der Waals surface area contributed by atoms with Crippen molar-refractivity contribution < 1.29 is 9.84 Å². The van der Waals surface area contributed by atoms with Crippen LogP contribution < -0.4 is 10.1 Å². The van der Waals surface area contributed by atoms with E-state index in [-0.39, 0.29) is 0 Å². The fourth-order valence-corrected chi connectivity index (χ4v) is 2.48. The van der Waals surface area contributed by atoms with Gasteiger partial charge in [-0.1, -0.05) is 12.1 Å². The molecule has 1 heterocycles. The third-order valence-electron chi connectivity index (χ3n) is 3.65. The quantitative estimate of drug-likeness (QED) is 0.836. The molecule has 1 aliphatic heterocycles. The molecule has 0 spiro atoms.